The van der Waals surface area contributed by atoms with Crippen LogP contribution in [0.5, 0.6) is 0 Å². The smallest absolute Gasteiger partial charge is 0.269 e. The predicted molar refractivity (Wildman–Crippen MR) is 259 cm³/mol. The number of nitrogens with one attached hydrogen (secondary N) is 9. The Balaban J connectivity index is 1.14. The molecule has 0 aromatic carbocycles. The van der Waals surface area contributed by atoms with E-state index in [0.717, 1.165) is 6.26 Å². The summed E-state index contributed by atoms with van der Waals surface area (Å²) < 4.78 is 260. The Morgan fingerprint density at radius 2 is 0.662 bits per heavy atom. The molecular weight excluding hydrogens is 1150 g/mol. The van der Waals surface area contributed by atoms with Crippen molar-refractivity contribution >= 4 is 80.5 Å². The Morgan fingerprint density at radius 1 is 0.392 bits per heavy atom. The third-order valence-corrected chi connectivity index (χ3v) is 29.0. The molecule has 8 bridgehead atoms. The zero-order chi connectivity index (χ0) is 54.4. The largest absolute Gasteiger partial charge is 0.286 e. The fourth-order valence-electron chi connectivity index (χ4n) is 14.5. The number of rotatable bonds is 11. The molecule has 0 radical (unpaired) electrons. The van der Waals surface area contributed by atoms with Gasteiger partial charge in [-0.2, -0.15) is 42.1 Å². The van der Waals surface area contributed by atoms with Gasteiger partial charge in [-0.25, -0.2) is 35.1 Å². The first kappa shape index (κ1) is 57.7. The van der Waals surface area contributed by atoms with E-state index >= 15 is 0 Å². The summed E-state index contributed by atoms with van der Waals surface area (Å²) in [6.45, 7) is -0.638. The van der Waals surface area contributed by atoms with Gasteiger partial charge in [0.25, 0.3) is 50.6 Å². The third kappa shape index (κ3) is 11.5. The van der Waals surface area contributed by atoms with Gasteiger partial charge in [-0.15, -0.1) is 0 Å². The fraction of sp³-hybridized carbons (Fsp3) is 1.00. The number of nitrogens with two attached hydrogens (primary N) is 1. The molecule has 4 saturated carbocycles. The molecule has 0 spiro atoms. The van der Waals surface area contributed by atoms with Crippen LogP contribution in [0.15, 0.2) is 0 Å². The summed E-state index contributed by atoms with van der Waals surface area (Å²) in [5.74, 6) is -7.20. The van der Waals surface area contributed by atoms with Crippen LogP contribution in [0.2, 0.25) is 0 Å². The highest BCUT2D eigenvalue weighted by molar-refractivity contribution is 7.94. The van der Waals surface area contributed by atoms with E-state index in [2.05, 4.69) is 47.3 Å². The molecular formula is C35H64N10O21S8. The van der Waals surface area contributed by atoms with Crippen molar-refractivity contribution in [3.05, 3.63) is 0 Å². The van der Waals surface area contributed by atoms with Crippen molar-refractivity contribution in [1.82, 2.24) is 47.3 Å². The van der Waals surface area contributed by atoms with Crippen LogP contribution in [0.4, 0.5) is 0 Å². The van der Waals surface area contributed by atoms with Gasteiger partial charge in [0, 0.05) is 12.8 Å². The minimum absolute atomic E-state index is 0.0335. The minimum Gasteiger partial charge on any atom is -0.286 e. The molecule has 31 nitrogen and oxygen atoms in total. The fourth-order valence-corrected chi connectivity index (χ4v) is 25.4. The zero-order valence-electron chi connectivity index (χ0n) is 39.2. The Kier molecular flexibility index (Phi) is 15.3. The van der Waals surface area contributed by atoms with Crippen molar-refractivity contribution in [2.45, 2.75) is 144 Å². The average molecular weight is 1220 g/mol. The Hall–Kier alpha value is -1.00. The molecule has 23 unspecified atom stereocenters. The molecule has 9 aliphatic rings. The lowest BCUT2D eigenvalue weighted by Gasteiger charge is -2.41. The maximum atomic E-state index is 13.7. The van der Waals surface area contributed by atoms with Gasteiger partial charge in [-0.3, -0.25) is 65.3 Å². The molecule has 9 rings (SSSR count). The monoisotopic (exact) mass is 1220 g/mol. The molecule has 0 aromatic rings. The number of primary sulfonamides is 1. The van der Waals surface area contributed by atoms with E-state index in [1.165, 1.54) is 0 Å². The highest BCUT2D eigenvalue weighted by Gasteiger charge is 2.62. The van der Waals surface area contributed by atoms with Crippen LogP contribution in [-0.2, 0) is 80.5 Å². The minimum atomic E-state index is -5.19. The average Bonchev–Trinajstić information content (AvgIpc) is 3.97. The molecule has 9 fully saturated rings. The van der Waals surface area contributed by atoms with E-state index in [1.54, 1.807) is 0 Å². The molecule has 0 amide bonds. The van der Waals surface area contributed by atoms with Gasteiger partial charge in [0.2, 0.25) is 20.0 Å². The molecule has 39 heteroatoms. The van der Waals surface area contributed by atoms with Crippen LogP contribution >= 0.6 is 0 Å². The van der Waals surface area contributed by atoms with Crippen LogP contribution in [-0.4, -0.2) is 195 Å². The van der Waals surface area contributed by atoms with Gasteiger partial charge < -0.3 is 0 Å². The summed E-state index contributed by atoms with van der Waals surface area (Å²) >= 11 is 0. The van der Waals surface area contributed by atoms with E-state index in [-0.39, 0.29) is 25.7 Å². The highest BCUT2D eigenvalue weighted by Crippen LogP contribution is 2.49. The molecule has 428 valence electrons. The number of sulfone groups is 1. The maximum Gasteiger partial charge on any atom is 0.269 e. The second kappa shape index (κ2) is 19.6. The molecule has 5 heterocycles. The van der Waals surface area contributed by atoms with Crippen molar-refractivity contribution < 1.29 is 90.1 Å². The molecule has 5 saturated heterocycles. The van der Waals surface area contributed by atoms with Crippen LogP contribution in [0.1, 0.15) is 57.8 Å². The summed E-state index contributed by atoms with van der Waals surface area (Å²) in [5, 5.41) is 20.5. The van der Waals surface area contributed by atoms with Gasteiger partial charge in [-0.05, 0) is 105 Å². The summed E-state index contributed by atoms with van der Waals surface area (Å²) in [5.41, 5.74) is 0. The summed E-state index contributed by atoms with van der Waals surface area (Å²) in [4.78, 5) is 0. The second-order valence-electron chi connectivity index (χ2n) is 21.7. The SMILES string of the molecule is CS(=O)(=O)C1CC2C3NC(NC4NC(NC5NC(NC6NC(N3)C3CC(S(=O)(=O)O)C(S(=O)(=O)O)CC63)C3CC(S(N)(=O)=O)C(S(=O)(=O)O)CC53)C3CCC(S(=O)(=O)NCCS(=O)(=O)O)CC43)C2CC1S(=O)(=O)O. The van der Waals surface area contributed by atoms with E-state index < -0.39 is 258 Å². The van der Waals surface area contributed by atoms with Gasteiger partial charge in [0.15, 0.2) is 9.84 Å². The van der Waals surface area contributed by atoms with Crippen LogP contribution < -0.4 is 52.4 Å². The molecule has 23 atom stereocenters. The third-order valence-electron chi connectivity index (χ3n) is 17.7. The van der Waals surface area contributed by atoms with E-state index in [1.807, 2.05) is 0 Å². The van der Waals surface area contributed by atoms with Gasteiger partial charge in [-0.1, -0.05) is 0 Å². The molecule has 5 aliphatic heterocycles. The lowest BCUT2D eigenvalue weighted by Crippen LogP contribution is -2.61. The van der Waals surface area contributed by atoms with Gasteiger partial charge in [0.1, 0.15) is 21.0 Å². The first-order valence-corrected chi connectivity index (χ1v) is 36.6. The highest BCUT2D eigenvalue weighted by atomic mass is 32.2. The van der Waals surface area contributed by atoms with E-state index in [4.69, 9.17) is 5.14 Å². The summed E-state index contributed by atoms with van der Waals surface area (Å²) in [6.07, 6.45) is -9.65. The number of sulfonamides is 2. The maximum absolute atomic E-state index is 13.7. The number of fused-ring (bicyclic) bond motifs is 20. The van der Waals surface area contributed by atoms with E-state index in [9.17, 15) is 90.1 Å². The number of hydrogen-bond donors (Lipinski definition) is 15. The standard InChI is InChI=1S/C35H64N10O21S8/c1-67(46,47)22-7-16-18(9-24(22)71(55,56)57)33-40-29-15-6-13(70(53,54)37-4-5-68(48,49)50)2-3-14(15)28(38-29)39-32-19-10-25(72(58,59)60)23(69(36,51)52)8-17(19)31(43-32)44-35-21-12-27(74(64,65)66)26(73(61,62)63)11-20(21)34(45-35)42-30(16)41-33/h13-35,37-45H,2-12H2,1H3,(H2,36,51,52)(H,48,49,50)(H,55,56,57)(H,58,59,60)(H,61,62,63)(H,64,65,66). The summed E-state index contributed by atoms with van der Waals surface area (Å²) in [6, 6.07) is 0. The van der Waals surface area contributed by atoms with Gasteiger partial charge in [0.05, 0.1) is 70.8 Å². The first-order valence-electron chi connectivity index (χ1n) is 23.9. The Morgan fingerprint density at radius 3 is 0.959 bits per heavy atom. The zero-order valence-corrected chi connectivity index (χ0v) is 45.7. The Bertz CT molecular complexity index is 3140. The van der Waals surface area contributed by atoms with Crippen LogP contribution in [0, 0.1) is 47.3 Å². The van der Waals surface area contributed by atoms with Gasteiger partial charge >= 0.3 is 0 Å². The van der Waals surface area contributed by atoms with Crippen molar-refractivity contribution in [2.24, 2.45) is 52.5 Å². The quantitative estimate of drug-likeness (QED) is 0.0855. The van der Waals surface area contributed by atoms with Crippen molar-refractivity contribution in [1.29, 1.82) is 0 Å². The van der Waals surface area contributed by atoms with Crippen LogP contribution in [0.3, 0.4) is 0 Å². The predicted octanol–water partition coefficient (Wildman–Crippen LogP) is -6.85. The second-order valence-corrected chi connectivity index (χ2v) is 36.0. The van der Waals surface area contributed by atoms with Crippen molar-refractivity contribution in [2.75, 3.05) is 18.6 Å². The number of hydrogen-bond acceptors (Lipinski definition) is 24. The van der Waals surface area contributed by atoms with E-state index in [0.29, 0.717) is 0 Å². The molecule has 4 aliphatic carbocycles. The topological polar surface area (TPSA) is 509 Å². The molecule has 74 heavy (non-hydrogen) atoms. The first-order chi connectivity index (χ1) is 33.8. The van der Waals surface area contributed by atoms with Crippen LogP contribution in [0.25, 0.3) is 0 Å². The molecule has 0 aromatic heterocycles. The molecule has 16 N–H and O–H groups in total. The summed E-state index contributed by atoms with van der Waals surface area (Å²) in [7, 11) is -38.2. The Labute approximate surface area is 430 Å². The lowest BCUT2D eigenvalue weighted by atomic mass is 9.76. The van der Waals surface area contributed by atoms with Crippen molar-refractivity contribution in [3.8, 4) is 0 Å². The lowest BCUT2D eigenvalue weighted by molar-refractivity contribution is 0.167. The normalized spacial score (nSPS) is 45.5. The van der Waals surface area contributed by atoms with Crippen molar-refractivity contribution in [3.63, 3.8) is 0 Å².